The number of nitrogens with zero attached hydrogens (tertiary/aromatic N) is 1. The number of hydrogen-bond donors (Lipinski definition) is 0. The Bertz CT molecular complexity index is 2680. The Morgan fingerprint density at radius 2 is 0.779 bits per heavy atom. The molecule has 0 amide bonds. The number of carbonyl (C=O) groups is 1. The smallest absolute Gasteiger partial charge is 0.343 e. The topological polar surface area (TPSA) is 87.0 Å². The van der Waals surface area contributed by atoms with E-state index in [1.807, 2.05) is 43.3 Å². The molecule has 0 atom stereocenters. The minimum atomic E-state index is -0.382. The summed E-state index contributed by atoms with van der Waals surface area (Å²) in [5, 5.41) is 8.79. The molecule has 0 heterocycles. The van der Waals surface area contributed by atoms with Crippen LogP contribution < -0.4 is 23.7 Å². The van der Waals surface area contributed by atoms with Crippen LogP contribution in [-0.4, -0.2) is 32.4 Å². The summed E-state index contributed by atoms with van der Waals surface area (Å²) in [6, 6.07) is 50.5. The highest BCUT2D eigenvalue weighted by Crippen LogP contribution is 2.39. The van der Waals surface area contributed by atoms with Crippen molar-refractivity contribution in [3.63, 3.8) is 0 Å². The number of benzene rings is 6. The molecule has 7 heteroatoms. The Morgan fingerprint density at radius 1 is 0.395 bits per heavy atom. The standard InChI is InChI=1S/C25H34O4.C19H30O.C18H19N.C17H26O/c1-3-5-7-8-10-20-28-23-15-17-24(18-16-23)29-25(26)21-11-13-22(14-12-21)27-19-9-6-4-2;1-3-5-15-20-19-13-11-18(12-14-19)17-9-7-16(6-4-2)8-10-17;1-2-3-4-5-15-6-10-17(11-7-15)18-12-8-16(14-19)9-13-18;1-3-5-14-6-8-15(9-7-14)16-10-12-17(13-11-16)18-4-2/h11-18H,3-10,19-20H2,1-2H3;11-14,16-17H,3-10,15H2,1-2H3;6-13H,2-5H2,1H3;10-15H,3-9H2,1-2H3. The Kier molecular flexibility index (Phi) is 35.3. The van der Waals surface area contributed by atoms with Crippen molar-refractivity contribution in [3.8, 4) is 45.9 Å². The van der Waals surface area contributed by atoms with Gasteiger partial charge in [-0.3, -0.25) is 0 Å². The van der Waals surface area contributed by atoms with Gasteiger partial charge in [0.2, 0.25) is 0 Å². The Balaban J connectivity index is 0.000000213. The van der Waals surface area contributed by atoms with Crippen LogP contribution in [0.3, 0.4) is 0 Å². The maximum Gasteiger partial charge on any atom is 0.343 e. The van der Waals surface area contributed by atoms with Crippen LogP contribution >= 0.6 is 0 Å². The predicted molar refractivity (Wildman–Crippen MR) is 361 cm³/mol. The molecule has 8 rings (SSSR count). The molecular weight excluding hydrogens is 1060 g/mol. The summed E-state index contributed by atoms with van der Waals surface area (Å²) in [5.74, 6) is 7.28. The highest BCUT2D eigenvalue weighted by molar-refractivity contribution is 5.91. The van der Waals surface area contributed by atoms with Gasteiger partial charge in [-0.2, -0.15) is 5.26 Å². The lowest BCUT2D eigenvalue weighted by atomic mass is 9.77. The van der Waals surface area contributed by atoms with Crippen LogP contribution in [0, 0.1) is 23.2 Å². The first-order valence-corrected chi connectivity index (χ1v) is 33.9. The summed E-state index contributed by atoms with van der Waals surface area (Å²) in [5.41, 5.74) is 8.02. The van der Waals surface area contributed by atoms with E-state index >= 15 is 0 Å². The molecule has 0 aromatic heterocycles. The number of hydrogen-bond acceptors (Lipinski definition) is 7. The molecule has 0 spiro atoms. The normalized spacial score (nSPS) is 16.1. The van der Waals surface area contributed by atoms with E-state index in [-0.39, 0.29) is 5.97 Å². The lowest BCUT2D eigenvalue weighted by Crippen LogP contribution is -2.13. The minimum Gasteiger partial charge on any atom is -0.494 e. The van der Waals surface area contributed by atoms with Crippen molar-refractivity contribution in [3.05, 3.63) is 173 Å². The van der Waals surface area contributed by atoms with Gasteiger partial charge in [-0.25, -0.2) is 4.79 Å². The number of carbonyl (C=O) groups excluding carboxylic acids is 1. The lowest BCUT2D eigenvalue weighted by Gasteiger charge is -2.28. The lowest BCUT2D eigenvalue weighted by molar-refractivity contribution is 0.0734. The zero-order chi connectivity index (χ0) is 61.2. The van der Waals surface area contributed by atoms with Crippen LogP contribution in [0.1, 0.15) is 253 Å². The maximum absolute atomic E-state index is 12.3. The molecule has 2 saturated carbocycles. The van der Waals surface area contributed by atoms with Crippen LogP contribution in [0.5, 0.6) is 28.7 Å². The first-order chi connectivity index (χ1) is 42.2. The van der Waals surface area contributed by atoms with E-state index < -0.39 is 0 Å². The fraction of sp³-hybridized carbons (Fsp3) is 0.519. The van der Waals surface area contributed by atoms with Gasteiger partial charge in [0.1, 0.15) is 28.7 Å². The number of ether oxygens (including phenoxy) is 5. The molecule has 0 aliphatic heterocycles. The van der Waals surface area contributed by atoms with Crippen molar-refractivity contribution >= 4 is 5.97 Å². The van der Waals surface area contributed by atoms with Gasteiger partial charge in [0.15, 0.2) is 0 Å². The number of rotatable bonds is 31. The van der Waals surface area contributed by atoms with E-state index in [4.69, 9.17) is 28.9 Å². The Hall–Kier alpha value is -6.52. The van der Waals surface area contributed by atoms with Crippen LogP contribution in [0.15, 0.2) is 146 Å². The molecule has 6 aromatic rings. The second kappa shape index (κ2) is 43.2. The minimum absolute atomic E-state index is 0.382. The van der Waals surface area contributed by atoms with Gasteiger partial charge in [-0.15, -0.1) is 0 Å². The third-order valence-electron chi connectivity index (χ3n) is 16.9. The maximum atomic E-state index is 12.3. The van der Waals surface area contributed by atoms with Gasteiger partial charge < -0.3 is 23.7 Å². The second-order valence-electron chi connectivity index (χ2n) is 23.8. The molecule has 2 aliphatic rings. The Morgan fingerprint density at radius 3 is 1.23 bits per heavy atom. The number of aryl methyl sites for hydroxylation is 1. The molecule has 0 N–H and O–H groups in total. The largest absolute Gasteiger partial charge is 0.494 e. The average molecular weight is 1170 g/mol. The number of unbranched alkanes of at least 4 members (excludes halogenated alkanes) is 9. The van der Waals surface area contributed by atoms with E-state index in [0.29, 0.717) is 23.5 Å². The molecular formula is C79H109NO6. The summed E-state index contributed by atoms with van der Waals surface area (Å²) >= 11 is 0. The molecule has 2 fully saturated rings. The van der Waals surface area contributed by atoms with E-state index in [9.17, 15) is 4.79 Å². The van der Waals surface area contributed by atoms with Gasteiger partial charge in [0, 0.05) is 0 Å². The van der Waals surface area contributed by atoms with Gasteiger partial charge in [0.25, 0.3) is 0 Å². The molecule has 0 unspecified atom stereocenters. The highest BCUT2D eigenvalue weighted by atomic mass is 16.5. The van der Waals surface area contributed by atoms with Crippen LogP contribution in [-0.2, 0) is 6.42 Å². The SMILES string of the molecule is CCCC1CCC(c2ccc(OCC)cc2)CC1.CCCCCCCOc1ccc(OC(=O)c2ccc(OCCCCC)cc2)cc1.CCCCCc1ccc(-c2ccc(C#N)cc2)cc1.CCCCOc1ccc(C2CCC(CCC)CC2)cc1. The zero-order valence-electron chi connectivity index (χ0n) is 54.3. The van der Waals surface area contributed by atoms with Crippen molar-refractivity contribution in [2.45, 2.75) is 227 Å². The molecule has 0 radical (unpaired) electrons. The van der Waals surface area contributed by atoms with E-state index in [0.717, 1.165) is 92.2 Å². The summed E-state index contributed by atoms with van der Waals surface area (Å²) in [7, 11) is 0. The van der Waals surface area contributed by atoms with Crippen LogP contribution in [0.25, 0.3) is 11.1 Å². The summed E-state index contributed by atoms with van der Waals surface area (Å²) in [4.78, 5) is 12.3. The van der Waals surface area contributed by atoms with E-state index in [1.54, 1.807) is 36.4 Å². The molecule has 6 aromatic carbocycles. The van der Waals surface area contributed by atoms with Gasteiger partial charge >= 0.3 is 5.97 Å². The monoisotopic (exact) mass is 1170 g/mol. The molecule has 466 valence electrons. The van der Waals surface area contributed by atoms with Gasteiger partial charge in [-0.1, -0.05) is 186 Å². The van der Waals surface area contributed by atoms with E-state index in [2.05, 4.69) is 120 Å². The first kappa shape index (κ1) is 70.2. The Labute approximate surface area is 522 Å². The van der Waals surface area contributed by atoms with Gasteiger partial charge in [0.05, 0.1) is 43.6 Å². The first-order valence-electron chi connectivity index (χ1n) is 33.9. The molecule has 0 saturated heterocycles. The molecule has 86 heavy (non-hydrogen) atoms. The van der Waals surface area contributed by atoms with E-state index in [1.165, 1.54) is 169 Å². The van der Waals surface area contributed by atoms with Crippen molar-refractivity contribution in [2.24, 2.45) is 11.8 Å². The van der Waals surface area contributed by atoms with Crippen molar-refractivity contribution in [1.82, 2.24) is 0 Å². The summed E-state index contributed by atoms with van der Waals surface area (Å²) in [6.45, 7) is 18.5. The third kappa shape index (κ3) is 27.5. The van der Waals surface area contributed by atoms with Gasteiger partial charge in [-0.05, 0) is 227 Å². The third-order valence-corrected chi connectivity index (χ3v) is 16.9. The second-order valence-corrected chi connectivity index (χ2v) is 23.8. The summed E-state index contributed by atoms with van der Waals surface area (Å²) < 4.78 is 28.1. The average Bonchev–Trinajstić information content (AvgIpc) is 3.75. The number of esters is 1. The zero-order valence-corrected chi connectivity index (χ0v) is 54.3. The summed E-state index contributed by atoms with van der Waals surface area (Å²) in [6.07, 6.45) is 33.5. The fourth-order valence-corrected chi connectivity index (χ4v) is 11.6. The van der Waals surface area contributed by atoms with Crippen molar-refractivity contribution < 1.29 is 28.5 Å². The van der Waals surface area contributed by atoms with Crippen molar-refractivity contribution in [2.75, 3.05) is 26.4 Å². The highest BCUT2D eigenvalue weighted by Gasteiger charge is 2.23. The van der Waals surface area contributed by atoms with Crippen LogP contribution in [0.2, 0.25) is 0 Å². The molecule has 7 nitrogen and oxygen atoms in total. The molecule has 2 aliphatic carbocycles. The number of nitriles is 1. The molecule has 0 bridgehead atoms. The predicted octanol–water partition coefficient (Wildman–Crippen LogP) is 22.9. The van der Waals surface area contributed by atoms with Crippen molar-refractivity contribution in [1.29, 1.82) is 5.26 Å². The fourth-order valence-electron chi connectivity index (χ4n) is 11.6. The van der Waals surface area contributed by atoms with Crippen LogP contribution in [0.4, 0.5) is 0 Å². The quantitative estimate of drug-likeness (QED) is 0.0243.